The highest BCUT2D eigenvalue weighted by Crippen LogP contribution is 2.40. The second-order valence-corrected chi connectivity index (χ2v) is 6.17. The maximum atomic E-state index is 12.0. The van der Waals surface area contributed by atoms with Crippen molar-refractivity contribution in [3.8, 4) is 0 Å². The van der Waals surface area contributed by atoms with Crippen LogP contribution in [0.25, 0.3) is 0 Å². The Bertz CT molecular complexity index is 727. The van der Waals surface area contributed by atoms with Gasteiger partial charge < -0.3 is 19.3 Å². The predicted molar refractivity (Wildman–Crippen MR) is 80.2 cm³/mol. The van der Waals surface area contributed by atoms with Gasteiger partial charge in [-0.05, 0) is 44.4 Å². The summed E-state index contributed by atoms with van der Waals surface area (Å²) in [5.41, 5.74) is 1.33. The van der Waals surface area contributed by atoms with Crippen molar-refractivity contribution in [3.05, 3.63) is 34.4 Å². The van der Waals surface area contributed by atoms with Crippen molar-refractivity contribution in [3.63, 3.8) is 0 Å². The minimum Gasteiger partial charge on any atom is -0.458 e. The largest absolute Gasteiger partial charge is 0.458 e. The molecule has 128 valence electrons. The van der Waals surface area contributed by atoms with Crippen molar-refractivity contribution in [2.75, 3.05) is 0 Å². The molecule has 0 saturated carbocycles. The monoisotopic (exact) mass is 334 g/mol. The molecule has 2 bridgehead atoms. The third-order valence-corrected chi connectivity index (χ3v) is 4.39. The number of aliphatic hydroxyl groups is 1. The van der Waals surface area contributed by atoms with Crippen molar-refractivity contribution < 1.29 is 33.7 Å². The third kappa shape index (κ3) is 2.65. The number of rotatable bonds is 1. The fourth-order valence-corrected chi connectivity index (χ4v) is 3.25. The average Bonchev–Trinajstić information content (AvgIpc) is 2.91. The van der Waals surface area contributed by atoms with Gasteiger partial charge in [-0.15, -0.1) is 0 Å². The van der Waals surface area contributed by atoms with E-state index in [0.29, 0.717) is 24.0 Å². The minimum absolute atomic E-state index is 0.179. The van der Waals surface area contributed by atoms with Gasteiger partial charge in [-0.1, -0.05) is 0 Å². The van der Waals surface area contributed by atoms with E-state index in [-0.39, 0.29) is 11.1 Å². The number of carbonyl (C=O) groups is 3. The lowest BCUT2D eigenvalue weighted by Crippen LogP contribution is -2.35. The Morgan fingerprint density at radius 2 is 2.04 bits per heavy atom. The number of fused-ring (bicyclic) bond motifs is 3. The molecule has 0 spiro atoms. The van der Waals surface area contributed by atoms with E-state index in [1.807, 2.05) is 0 Å². The fraction of sp³-hybridized carbons (Fsp3) is 0.471. The van der Waals surface area contributed by atoms with E-state index in [4.69, 9.17) is 14.2 Å². The van der Waals surface area contributed by atoms with Crippen LogP contribution in [0.15, 0.2) is 34.4 Å². The molecule has 0 aromatic rings. The molecule has 0 saturated heterocycles. The van der Waals surface area contributed by atoms with E-state index in [2.05, 4.69) is 0 Å². The van der Waals surface area contributed by atoms with Gasteiger partial charge in [0.1, 0.15) is 12.2 Å². The standard InChI is InChI=1S/C17H18O7/c1-8-7-17(21)14(9(2)15(19)24-17)13-6-11(16(20)23-13)4-5-12(8)22-10(3)18/h6-7,12-13,21H,4-5H2,1-3H3. The van der Waals surface area contributed by atoms with E-state index < -0.39 is 35.9 Å². The van der Waals surface area contributed by atoms with E-state index in [1.165, 1.54) is 19.9 Å². The summed E-state index contributed by atoms with van der Waals surface area (Å²) in [4.78, 5) is 35.3. The van der Waals surface area contributed by atoms with Gasteiger partial charge in [0.25, 0.3) is 5.79 Å². The van der Waals surface area contributed by atoms with Crippen LogP contribution >= 0.6 is 0 Å². The van der Waals surface area contributed by atoms with Crippen molar-refractivity contribution in [2.45, 2.75) is 51.6 Å². The number of carbonyl (C=O) groups excluding carboxylic acids is 3. The topological polar surface area (TPSA) is 99.1 Å². The minimum atomic E-state index is -2.03. The van der Waals surface area contributed by atoms with Crippen molar-refractivity contribution in [2.24, 2.45) is 0 Å². The molecular formula is C17H18O7. The molecule has 24 heavy (non-hydrogen) atoms. The number of hydrogen-bond acceptors (Lipinski definition) is 7. The zero-order chi connectivity index (χ0) is 17.6. The first-order valence-corrected chi connectivity index (χ1v) is 7.66. The van der Waals surface area contributed by atoms with E-state index in [0.717, 1.165) is 0 Å². The first kappa shape index (κ1) is 16.4. The Kier molecular flexibility index (Phi) is 3.83. The van der Waals surface area contributed by atoms with Crippen LogP contribution in [0.3, 0.4) is 0 Å². The molecule has 0 radical (unpaired) electrons. The van der Waals surface area contributed by atoms with E-state index in [1.54, 1.807) is 13.0 Å². The lowest BCUT2D eigenvalue weighted by atomic mass is 9.91. The third-order valence-electron chi connectivity index (χ3n) is 4.39. The highest BCUT2D eigenvalue weighted by atomic mass is 16.7. The van der Waals surface area contributed by atoms with Gasteiger partial charge in [0, 0.05) is 18.1 Å². The number of ether oxygens (including phenoxy) is 3. The SMILES string of the molecule is CC(=O)OC1CCC2=CC(OC2=O)C2=C(C)C(=O)OC2(O)C=C1C. The van der Waals surface area contributed by atoms with Gasteiger partial charge >= 0.3 is 17.9 Å². The molecule has 1 aliphatic carbocycles. The first-order valence-electron chi connectivity index (χ1n) is 7.66. The summed E-state index contributed by atoms with van der Waals surface area (Å²) in [6.07, 6.45) is 2.15. The second-order valence-electron chi connectivity index (χ2n) is 6.17. The van der Waals surface area contributed by atoms with Crippen LogP contribution in [0.2, 0.25) is 0 Å². The Balaban J connectivity index is 2.11. The van der Waals surface area contributed by atoms with E-state index >= 15 is 0 Å². The molecule has 3 aliphatic rings. The van der Waals surface area contributed by atoms with Crippen LogP contribution < -0.4 is 0 Å². The highest BCUT2D eigenvalue weighted by Gasteiger charge is 2.49. The lowest BCUT2D eigenvalue weighted by Gasteiger charge is -2.27. The molecule has 0 amide bonds. The molecule has 2 heterocycles. The van der Waals surface area contributed by atoms with Crippen molar-refractivity contribution >= 4 is 17.9 Å². The average molecular weight is 334 g/mol. The molecular weight excluding hydrogens is 316 g/mol. The molecule has 1 N–H and O–H groups in total. The van der Waals surface area contributed by atoms with Crippen LogP contribution in [0.4, 0.5) is 0 Å². The lowest BCUT2D eigenvalue weighted by molar-refractivity contribution is -0.170. The zero-order valence-electron chi connectivity index (χ0n) is 13.6. The summed E-state index contributed by atoms with van der Waals surface area (Å²) >= 11 is 0. The van der Waals surface area contributed by atoms with Crippen LogP contribution in [0, 0.1) is 0 Å². The van der Waals surface area contributed by atoms with Crippen molar-refractivity contribution in [1.82, 2.24) is 0 Å². The molecule has 7 nitrogen and oxygen atoms in total. The molecule has 3 atom stereocenters. The normalized spacial score (nSPS) is 32.5. The summed E-state index contributed by atoms with van der Waals surface area (Å²) in [5, 5.41) is 10.9. The quantitative estimate of drug-likeness (QED) is 0.435. The van der Waals surface area contributed by atoms with Crippen LogP contribution in [-0.4, -0.2) is 41.0 Å². The number of esters is 3. The van der Waals surface area contributed by atoms with Gasteiger partial charge in [0.05, 0.1) is 5.57 Å². The summed E-state index contributed by atoms with van der Waals surface area (Å²) in [7, 11) is 0. The van der Waals surface area contributed by atoms with Gasteiger partial charge in [-0.25, -0.2) is 9.59 Å². The van der Waals surface area contributed by atoms with Gasteiger partial charge in [-0.2, -0.15) is 0 Å². The van der Waals surface area contributed by atoms with E-state index in [9.17, 15) is 19.5 Å². The summed E-state index contributed by atoms with van der Waals surface area (Å²) in [6, 6.07) is 0. The van der Waals surface area contributed by atoms with Crippen molar-refractivity contribution in [1.29, 1.82) is 0 Å². The smallest absolute Gasteiger partial charge is 0.337 e. The summed E-state index contributed by atoms with van der Waals surface area (Å²) in [5.74, 6) is -3.70. The predicted octanol–water partition coefficient (Wildman–Crippen LogP) is 1.07. The van der Waals surface area contributed by atoms with Gasteiger partial charge in [0.2, 0.25) is 0 Å². The molecule has 7 heteroatoms. The molecule has 3 rings (SSSR count). The number of hydrogen-bond donors (Lipinski definition) is 1. The molecule has 0 aromatic heterocycles. The van der Waals surface area contributed by atoms with Crippen LogP contribution in [0.1, 0.15) is 33.6 Å². The second kappa shape index (κ2) is 5.59. The zero-order valence-corrected chi connectivity index (χ0v) is 13.6. The Hall–Kier alpha value is -2.41. The van der Waals surface area contributed by atoms with Crippen LogP contribution in [0.5, 0.6) is 0 Å². The summed E-state index contributed by atoms with van der Waals surface area (Å²) < 4.78 is 15.7. The Labute approximate surface area is 138 Å². The Morgan fingerprint density at radius 3 is 2.71 bits per heavy atom. The first-order chi connectivity index (χ1) is 11.2. The molecule has 0 aromatic carbocycles. The molecule has 3 unspecified atom stereocenters. The molecule has 2 aliphatic heterocycles. The van der Waals surface area contributed by atoms with Crippen LogP contribution in [-0.2, 0) is 28.6 Å². The highest BCUT2D eigenvalue weighted by molar-refractivity contribution is 5.95. The Morgan fingerprint density at radius 1 is 1.33 bits per heavy atom. The summed E-state index contributed by atoms with van der Waals surface area (Å²) in [6.45, 7) is 4.46. The van der Waals surface area contributed by atoms with Gasteiger partial charge in [0.15, 0.2) is 0 Å². The van der Waals surface area contributed by atoms with Gasteiger partial charge in [-0.3, -0.25) is 4.79 Å². The maximum Gasteiger partial charge on any atom is 0.337 e. The maximum absolute atomic E-state index is 12.0. The molecule has 0 fully saturated rings. The fourth-order valence-electron chi connectivity index (χ4n) is 3.25.